The second-order valence-electron chi connectivity index (χ2n) is 4.97. The normalized spacial score (nSPS) is 10.6. The molecule has 1 amide bonds. The average Bonchev–Trinajstić information content (AvgIpc) is 2.36. The molecule has 0 aliphatic rings. The van der Waals surface area contributed by atoms with Crippen LogP contribution < -0.4 is 15.5 Å². The summed E-state index contributed by atoms with van der Waals surface area (Å²) in [6.45, 7) is 8.05. The molecule has 4 heteroatoms. The van der Waals surface area contributed by atoms with Gasteiger partial charge in [-0.15, -0.1) is 0 Å². The van der Waals surface area contributed by atoms with Gasteiger partial charge < -0.3 is 15.5 Å². The van der Waals surface area contributed by atoms with Crippen molar-refractivity contribution in [2.24, 2.45) is 0 Å². The second-order valence-corrected chi connectivity index (χ2v) is 4.97. The molecular weight excluding hydrogens is 238 g/mol. The van der Waals surface area contributed by atoms with Gasteiger partial charge in [0, 0.05) is 31.9 Å². The van der Waals surface area contributed by atoms with E-state index in [9.17, 15) is 4.79 Å². The molecule has 0 atom stereocenters. The molecule has 0 heterocycles. The predicted molar refractivity (Wildman–Crippen MR) is 80.4 cm³/mol. The summed E-state index contributed by atoms with van der Waals surface area (Å²) in [7, 11) is 1.95. The maximum absolute atomic E-state index is 11.6. The lowest BCUT2D eigenvalue weighted by atomic mass is 10.1. The summed E-state index contributed by atoms with van der Waals surface area (Å²) in [4.78, 5) is 13.6. The molecule has 0 aliphatic carbocycles. The van der Waals surface area contributed by atoms with Crippen LogP contribution in [0.5, 0.6) is 0 Å². The van der Waals surface area contributed by atoms with Crippen LogP contribution in [0.25, 0.3) is 0 Å². The van der Waals surface area contributed by atoms with Gasteiger partial charge in [0.05, 0.1) is 6.54 Å². The van der Waals surface area contributed by atoms with E-state index < -0.39 is 0 Å². The number of benzene rings is 1. The van der Waals surface area contributed by atoms with E-state index in [0.29, 0.717) is 19.1 Å². The quantitative estimate of drug-likeness (QED) is 0.788. The van der Waals surface area contributed by atoms with Gasteiger partial charge in [0.25, 0.3) is 0 Å². The van der Waals surface area contributed by atoms with Crippen molar-refractivity contribution in [1.29, 1.82) is 0 Å². The third kappa shape index (κ3) is 5.30. The Hall–Kier alpha value is -1.55. The van der Waals surface area contributed by atoms with E-state index in [0.717, 1.165) is 12.2 Å². The summed E-state index contributed by atoms with van der Waals surface area (Å²) in [6, 6.07) is 8.63. The standard InChI is InChI=1S/C15H25N3O/c1-5-16-15(19)11-18(4)14-9-7-6-8-13(14)10-17-12(2)3/h6-9,12,17H,5,10-11H2,1-4H3,(H,16,19). The van der Waals surface area contributed by atoms with Crippen LogP contribution in [-0.2, 0) is 11.3 Å². The minimum absolute atomic E-state index is 0.0524. The number of anilines is 1. The number of para-hydroxylation sites is 1. The number of nitrogens with one attached hydrogen (secondary N) is 2. The number of hydrogen-bond donors (Lipinski definition) is 2. The van der Waals surface area contributed by atoms with Crippen molar-refractivity contribution in [2.75, 3.05) is 25.0 Å². The van der Waals surface area contributed by atoms with Crippen molar-refractivity contribution in [2.45, 2.75) is 33.4 Å². The van der Waals surface area contributed by atoms with Crippen molar-refractivity contribution < 1.29 is 4.79 Å². The van der Waals surface area contributed by atoms with Gasteiger partial charge in [-0.1, -0.05) is 32.0 Å². The van der Waals surface area contributed by atoms with Crippen LogP contribution in [0.2, 0.25) is 0 Å². The van der Waals surface area contributed by atoms with Crippen LogP contribution in [-0.4, -0.2) is 32.1 Å². The number of hydrogen-bond acceptors (Lipinski definition) is 3. The Morgan fingerprint density at radius 1 is 1.32 bits per heavy atom. The van der Waals surface area contributed by atoms with Crippen molar-refractivity contribution in [1.82, 2.24) is 10.6 Å². The lowest BCUT2D eigenvalue weighted by Gasteiger charge is -2.22. The third-order valence-electron chi connectivity index (χ3n) is 2.86. The van der Waals surface area contributed by atoms with E-state index in [1.54, 1.807) is 0 Å². The van der Waals surface area contributed by atoms with Crippen LogP contribution in [0.15, 0.2) is 24.3 Å². The molecule has 0 aliphatic heterocycles. The SMILES string of the molecule is CCNC(=O)CN(C)c1ccccc1CNC(C)C. The first-order valence-electron chi connectivity index (χ1n) is 6.83. The second kappa shape index (κ2) is 7.79. The van der Waals surface area contributed by atoms with Crippen LogP contribution in [0.4, 0.5) is 5.69 Å². The molecule has 0 aromatic heterocycles. The summed E-state index contributed by atoms with van der Waals surface area (Å²) in [5, 5.41) is 6.23. The fourth-order valence-electron chi connectivity index (χ4n) is 1.90. The summed E-state index contributed by atoms with van der Waals surface area (Å²) in [5.74, 6) is 0.0524. The zero-order valence-corrected chi connectivity index (χ0v) is 12.4. The first kappa shape index (κ1) is 15.5. The van der Waals surface area contributed by atoms with Crippen LogP contribution in [0.3, 0.4) is 0 Å². The molecule has 0 saturated heterocycles. The molecule has 0 bridgehead atoms. The van der Waals surface area contributed by atoms with Gasteiger partial charge in [-0.25, -0.2) is 0 Å². The van der Waals surface area contributed by atoms with Gasteiger partial charge in [0.2, 0.25) is 5.91 Å². The zero-order chi connectivity index (χ0) is 14.3. The van der Waals surface area contributed by atoms with Crippen LogP contribution >= 0.6 is 0 Å². The summed E-state index contributed by atoms with van der Waals surface area (Å²) < 4.78 is 0. The topological polar surface area (TPSA) is 44.4 Å². The third-order valence-corrected chi connectivity index (χ3v) is 2.86. The van der Waals surface area contributed by atoms with Crippen molar-refractivity contribution in [3.05, 3.63) is 29.8 Å². The van der Waals surface area contributed by atoms with Crippen molar-refractivity contribution >= 4 is 11.6 Å². The molecule has 1 aromatic carbocycles. The van der Waals surface area contributed by atoms with Gasteiger partial charge in [-0.05, 0) is 18.6 Å². The molecule has 106 valence electrons. The summed E-state index contributed by atoms with van der Waals surface area (Å²) in [6.07, 6.45) is 0. The Balaban J connectivity index is 2.72. The lowest BCUT2D eigenvalue weighted by molar-refractivity contribution is -0.119. The molecule has 0 saturated carbocycles. The molecule has 0 unspecified atom stereocenters. The molecule has 2 N–H and O–H groups in total. The maximum atomic E-state index is 11.6. The fraction of sp³-hybridized carbons (Fsp3) is 0.533. The summed E-state index contributed by atoms with van der Waals surface area (Å²) in [5.41, 5.74) is 2.31. The monoisotopic (exact) mass is 263 g/mol. The number of carbonyl (C=O) groups is 1. The Bertz CT molecular complexity index is 404. The number of amides is 1. The van der Waals surface area contributed by atoms with E-state index in [-0.39, 0.29) is 5.91 Å². The van der Waals surface area contributed by atoms with Crippen molar-refractivity contribution in [3.63, 3.8) is 0 Å². The molecule has 1 aromatic rings. The first-order chi connectivity index (χ1) is 9.04. The first-order valence-corrected chi connectivity index (χ1v) is 6.83. The van der Waals surface area contributed by atoms with E-state index in [1.807, 2.05) is 31.0 Å². The van der Waals surface area contributed by atoms with Gasteiger partial charge in [-0.2, -0.15) is 0 Å². The largest absolute Gasteiger partial charge is 0.365 e. The number of carbonyl (C=O) groups excluding carboxylic acids is 1. The number of nitrogens with zero attached hydrogens (tertiary/aromatic N) is 1. The summed E-state index contributed by atoms with van der Waals surface area (Å²) >= 11 is 0. The molecule has 0 fully saturated rings. The Morgan fingerprint density at radius 3 is 2.63 bits per heavy atom. The Morgan fingerprint density at radius 2 is 2.00 bits per heavy atom. The van der Waals surface area contributed by atoms with Crippen LogP contribution in [0.1, 0.15) is 26.3 Å². The average molecular weight is 263 g/mol. The minimum atomic E-state index is 0.0524. The highest BCUT2D eigenvalue weighted by atomic mass is 16.2. The Kier molecular flexibility index (Phi) is 6.36. The number of rotatable bonds is 7. The highest BCUT2D eigenvalue weighted by Crippen LogP contribution is 2.18. The molecule has 1 rings (SSSR count). The molecule has 19 heavy (non-hydrogen) atoms. The maximum Gasteiger partial charge on any atom is 0.239 e. The van der Waals surface area contributed by atoms with E-state index in [1.165, 1.54) is 5.56 Å². The lowest BCUT2D eigenvalue weighted by Crippen LogP contribution is -2.35. The highest BCUT2D eigenvalue weighted by Gasteiger charge is 2.10. The van der Waals surface area contributed by atoms with Gasteiger partial charge >= 0.3 is 0 Å². The molecule has 4 nitrogen and oxygen atoms in total. The fourth-order valence-corrected chi connectivity index (χ4v) is 1.90. The molecular formula is C15H25N3O. The van der Waals surface area contributed by atoms with Gasteiger partial charge in [-0.3, -0.25) is 4.79 Å². The van der Waals surface area contributed by atoms with Crippen LogP contribution in [0, 0.1) is 0 Å². The van der Waals surface area contributed by atoms with Gasteiger partial charge in [0.15, 0.2) is 0 Å². The van der Waals surface area contributed by atoms with E-state index in [4.69, 9.17) is 0 Å². The van der Waals surface area contributed by atoms with Crippen molar-refractivity contribution in [3.8, 4) is 0 Å². The minimum Gasteiger partial charge on any atom is -0.365 e. The Labute approximate surface area is 116 Å². The highest BCUT2D eigenvalue weighted by molar-refractivity contribution is 5.81. The molecule has 0 spiro atoms. The molecule has 0 radical (unpaired) electrons. The smallest absolute Gasteiger partial charge is 0.239 e. The zero-order valence-electron chi connectivity index (χ0n) is 12.4. The van der Waals surface area contributed by atoms with E-state index >= 15 is 0 Å². The van der Waals surface area contributed by atoms with E-state index in [2.05, 4.69) is 36.6 Å². The van der Waals surface area contributed by atoms with Gasteiger partial charge in [0.1, 0.15) is 0 Å². The number of likely N-dealkylation sites (N-methyl/N-ethyl adjacent to an activating group) is 2. The predicted octanol–water partition coefficient (Wildman–Crippen LogP) is 1.76.